The van der Waals surface area contributed by atoms with Crippen molar-refractivity contribution in [1.82, 2.24) is 15.1 Å². The van der Waals surface area contributed by atoms with E-state index in [2.05, 4.69) is 15.7 Å². The lowest BCUT2D eigenvalue weighted by molar-refractivity contribution is -0.127. The largest absolute Gasteiger partial charge is 0.345 e. The zero-order valence-electron chi connectivity index (χ0n) is 15.5. The van der Waals surface area contributed by atoms with Crippen LogP contribution in [0.2, 0.25) is 0 Å². The molecule has 0 aliphatic carbocycles. The number of hydrogen-bond acceptors (Lipinski definition) is 4. The summed E-state index contributed by atoms with van der Waals surface area (Å²) in [6.07, 6.45) is 1.92. The van der Waals surface area contributed by atoms with Gasteiger partial charge in [0.25, 0.3) is 0 Å². The molecule has 0 fully saturated rings. The molecule has 0 saturated carbocycles. The molecule has 1 atom stereocenters. The number of carbonyl (C=O) groups is 2. The summed E-state index contributed by atoms with van der Waals surface area (Å²) in [5, 5.41) is 18.7. The molecular formula is C17H27N5O2. The van der Waals surface area contributed by atoms with Crippen molar-refractivity contribution < 1.29 is 9.59 Å². The first kappa shape index (κ1) is 19.7. The number of nitriles is 1. The second-order valence-corrected chi connectivity index (χ2v) is 8.13. The summed E-state index contributed by atoms with van der Waals surface area (Å²) in [7, 11) is 0. The molecule has 0 bridgehead atoms. The Bertz CT molecular complexity index is 656. The number of carbonyl (C=O) groups excluding carboxylic acids is 2. The van der Waals surface area contributed by atoms with Gasteiger partial charge in [0.1, 0.15) is 17.7 Å². The van der Waals surface area contributed by atoms with E-state index in [1.165, 1.54) is 0 Å². The Morgan fingerprint density at radius 3 is 2.33 bits per heavy atom. The molecule has 1 heterocycles. The van der Waals surface area contributed by atoms with Gasteiger partial charge in [0.2, 0.25) is 11.8 Å². The van der Waals surface area contributed by atoms with Gasteiger partial charge >= 0.3 is 0 Å². The maximum atomic E-state index is 12.3. The highest BCUT2D eigenvalue weighted by atomic mass is 16.2. The third-order valence-electron chi connectivity index (χ3n) is 3.23. The Morgan fingerprint density at radius 1 is 1.29 bits per heavy atom. The van der Waals surface area contributed by atoms with Crippen molar-refractivity contribution >= 4 is 17.6 Å². The lowest BCUT2D eigenvalue weighted by atomic mass is 9.92. The van der Waals surface area contributed by atoms with Crippen molar-refractivity contribution in [2.75, 3.05) is 5.32 Å². The first-order valence-electron chi connectivity index (χ1n) is 7.94. The van der Waals surface area contributed by atoms with Crippen LogP contribution in [0.25, 0.3) is 0 Å². The topological polar surface area (TPSA) is 99.8 Å². The number of hydrogen-bond donors (Lipinski definition) is 2. The second-order valence-electron chi connectivity index (χ2n) is 8.13. The quantitative estimate of drug-likeness (QED) is 0.883. The normalized spacial score (nSPS) is 13.1. The third kappa shape index (κ3) is 5.69. The second kappa shape index (κ2) is 7.04. The van der Waals surface area contributed by atoms with E-state index in [4.69, 9.17) is 0 Å². The zero-order valence-corrected chi connectivity index (χ0v) is 15.5. The van der Waals surface area contributed by atoms with E-state index in [0.717, 1.165) is 0 Å². The van der Waals surface area contributed by atoms with Crippen LogP contribution < -0.4 is 10.6 Å². The van der Waals surface area contributed by atoms with Gasteiger partial charge < -0.3 is 10.6 Å². The highest BCUT2D eigenvalue weighted by molar-refractivity contribution is 5.97. The number of nitrogens with zero attached hydrogens (tertiary/aromatic N) is 3. The maximum Gasteiger partial charge on any atom is 0.247 e. The fourth-order valence-corrected chi connectivity index (χ4v) is 1.96. The van der Waals surface area contributed by atoms with Crippen LogP contribution in [0.4, 0.5) is 5.82 Å². The van der Waals surface area contributed by atoms with Crippen LogP contribution >= 0.6 is 0 Å². The molecule has 2 amide bonds. The summed E-state index contributed by atoms with van der Waals surface area (Å²) in [6, 6.07) is 1.30. The predicted molar refractivity (Wildman–Crippen MR) is 92.2 cm³/mol. The van der Waals surface area contributed by atoms with Gasteiger partial charge in [-0.25, -0.2) is 0 Å². The summed E-state index contributed by atoms with van der Waals surface area (Å²) >= 11 is 0. The number of aromatic nitrogens is 2. The van der Waals surface area contributed by atoms with E-state index in [0.29, 0.717) is 6.42 Å². The first-order chi connectivity index (χ1) is 10.8. The Balaban J connectivity index is 2.79. The molecule has 2 N–H and O–H groups in total. The summed E-state index contributed by atoms with van der Waals surface area (Å²) in [6.45, 7) is 13.3. The molecule has 0 aliphatic rings. The van der Waals surface area contributed by atoms with Crippen LogP contribution in [0, 0.1) is 16.7 Å². The number of anilines is 1. The zero-order chi connectivity index (χ0) is 18.7. The Labute approximate surface area is 143 Å². The van der Waals surface area contributed by atoms with Gasteiger partial charge in [-0.15, -0.1) is 0 Å². The standard InChI is InChI=1S/C17H27N5O2/c1-11(19-13(23)8-16(2,3)4)15(24)20-14-12(9-18)10-22(21-14)17(5,6)7/h10-11H,8H2,1-7H3,(H,19,23)(H,20,21,24). The van der Waals surface area contributed by atoms with Crippen molar-refractivity contribution in [3.8, 4) is 6.07 Å². The van der Waals surface area contributed by atoms with Crippen LogP contribution in [0.1, 0.15) is 60.5 Å². The minimum Gasteiger partial charge on any atom is -0.345 e. The Kier molecular flexibility index (Phi) is 5.77. The molecule has 7 nitrogen and oxygen atoms in total. The van der Waals surface area contributed by atoms with Gasteiger partial charge in [-0.2, -0.15) is 10.4 Å². The number of rotatable bonds is 4. The van der Waals surface area contributed by atoms with Crippen LogP contribution in [0.5, 0.6) is 0 Å². The van der Waals surface area contributed by atoms with Crippen molar-refractivity contribution in [3.63, 3.8) is 0 Å². The highest BCUT2D eigenvalue weighted by Gasteiger charge is 2.23. The third-order valence-corrected chi connectivity index (χ3v) is 3.23. The summed E-state index contributed by atoms with van der Waals surface area (Å²) in [5.74, 6) is -0.395. The molecule has 1 rings (SSSR count). The van der Waals surface area contributed by atoms with Gasteiger partial charge in [0, 0.05) is 12.6 Å². The van der Waals surface area contributed by atoms with Gasteiger partial charge in [0.05, 0.1) is 5.54 Å². The molecule has 0 aliphatic heterocycles. The van der Waals surface area contributed by atoms with E-state index in [-0.39, 0.29) is 28.2 Å². The molecule has 24 heavy (non-hydrogen) atoms. The molecule has 0 spiro atoms. The molecule has 1 aromatic heterocycles. The fourth-order valence-electron chi connectivity index (χ4n) is 1.96. The maximum absolute atomic E-state index is 12.3. The molecule has 7 heteroatoms. The van der Waals surface area contributed by atoms with Crippen molar-refractivity contribution in [3.05, 3.63) is 11.8 Å². The van der Waals surface area contributed by atoms with Crippen LogP contribution in [-0.2, 0) is 15.1 Å². The minimum atomic E-state index is -0.717. The lowest BCUT2D eigenvalue weighted by Gasteiger charge is -2.20. The van der Waals surface area contributed by atoms with Crippen molar-refractivity contribution in [1.29, 1.82) is 5.26 Å². The summed E-state index contributed by atoms with van der Waals surface area (Å²) in [5.41, 5.74) is -0.174. The monoisotopic (exact) mass is 333 g/mol. The molecule has 0 saturated heterocycles. The van der Waals surface area contributed by atoms with E-state index in [1.54, 1.807) is 17.8 Å². The van der Waals surface area contributed by atoms with Crippen molar-refractivity contribution in [2.45, 2.75) is 66.5 Å². The summed E-state index contributed by atoms with van der Waals surface area (Å²) in [4.78, 5) is 24.2. The smallest absolute Gasteiger partial charge is 0.247 e. The van der Waals surface area contributed by atoms with Crippen LogP contribution in [0.3, 0.4) is 0 Å². The predicted octanol–water partition coefficient (Wildman–Crippen LogP) is 2.39. The van der Waals surface area contributed by atoms with Crippen molar-refractivity contribution in [2.24, 2.45) is 5.41 Å². The SMILES string of the molecule is CC(NC(=O)CC(C)(C)C)C(=O)Nc1nn(C(C)(C)C)cc1C#N. The van der Waals surface area contributed by atoms with E-state index in [1.807, 2.05) is 47.6 Å². The van der Waals surface area contributed by atoms with Gasteiger partial charge in [0.15, 0.2) is 5.82 Å². The van der Waals surface area contributed by atoms with Gasteiger partial charge in [-0.3, -0.25) is 14.3 Å². The number of nitrogens with one attached hydrogen (secondary N) is 2. The first-order valence-corrected chi connectivity index (χ1v) is 7.94. The molecule has 1 unspecified atom stereocenters. The molecule has 0 aromatic carbocycles. The molecule has 132 valence electrons. The van der Waals surface area contributed by atoms with E-state index in [9.17, 15) is 14.9 Å². The van der Waals surface area contributed by atoms with Crippen LogP contribution in [0.15, 0.2) is 6.20 Å². The average molecular weight is 333 g/mol. The van der Waals surface area contributed by atoms with Crippen LogP contribution in [-0.4, -0.2) is 27.6 Å². The summed E-state index contributed by atoms with van der Waals surface area (Å²) < 4.78 is 1.63. The molecule has 1 aromatic rings. The Morgan fingerprint density at radius 2 is 1.88 bits per heavy atom. The Hall–Kier alpha value is -2.36. The van der Waals surface area contributed by atoms with Gasteiger partial charge in [-0.05, 0) is 33.1 Å². The highest BCUT2D eigenvalue weighted by Crippen LogP contribution is 2.20. The lowest BCUT2D eigenvalue weighted by Crippen LogP contribution is -2.42. The fraction of sp³-hybridized carbons (Fsp3) is 0.647. The van der Waals surface area contributed by atoms with E-state index >= 15 is 0 Å². The number of amides is 2. The molecule has 0 radical (unpaired) electrons. The van der Waals surface area contributed by atoms with Gasteiger partial charge in [-0.1, -0.05) is 20.8 Å². The minimum absolute atomic E-state index is 0.153. The van der Waals surface area contributed by atoms with E-state index < -0.39 is 11.9 Å². The average Bonchev–Trinajstić information content (AvgIpc) is 2.79. The molecular weight excluding hydrogens is 306 g/mol.